The van der Waals surface area contributed by atoms with E-state index in [1.165, 1.54) is 0 Å². The van der Waals surface area contributed by atoms with Crippen molar-refractivity contribution in [1.29, 1.82) is 0 Å². The summed E-state index contributed by atoms with van der Waals surface area (Å²) in [6.07, 6.45) is -0.186. The minimum absolute atomic E-state index is 0.109. The molecule has 0 spiro atoms. The molecule has 0 radical (unpaired) electrons. The summed E-state index contributed by atoms with van der Waals surface area (Å²) in [6, 6.07) is 0. The molecule has 6 nitrogen and oxygen atoms in total. The van der Waals surface area contributed by atoms with Crippen molar-refractivity contribution in [2.45, 2.75) is 19.1 Å². The van der Waals surface area contributed by atoms with Crippen LogP contribution in [-0.4, -0.2) is 42.2 Å². The summed E-state index contributed by atoms with van der Waals surface area (Å²) < 4.78 is 4.99. The molecule has 1 fully saturated rings. The monoisotopic (exact) mass is 190 g/mol. The fraction of sp³-hybridized carbons (Fsp3) is 0.857. The molecule has 0 aromatic heterocycles. The molecule has 1 rings (SSSR count). The second kappa shape index (κ2) is 5.13. The largest absolute Gasteiger partial charge is 0.375 e. The van der Waals surface area contributed by atoms with Crippen molar-refractivity contribution in [3.05, 3.63) is 0 Å². The third-order valence-electron chi connectivity index (χ3n) is 1.64. The number of nitrogens with zero attached hydrogens (tertiary/aromatic N) is 1. The lowest BCUT2D eigenvalue weighted by Crippen LogP contribution is -2.43. The summed E-state index contributed by atoms with van der Waals surface area (Å²) in [5, 5.41) is 10.4. The third kappa shape index (κ3) is 3.27. The first-order valence-electron chi connectivity index (χ1n) is 4.17. The Morgan fingerprint density at radius 2 is 2.54 bits per heavy atom. The first-order chi connectivity index (χ1) is 6.24. The number of nitrogens with two attached hydrogens (primary N) is 1. The maximum atomic E-state index is 10.9. The molecule has 0 bridgehead atoms. The molecular formula is C7H14N2O4. The van der Waals surface area contributed by atoms with Gasteiger partial charge in [-0.1, -0.05) is 5.06 Å². The van der Waals surface area contributed by atoms with E-state index >= 15 is 0 Å². The van der Waals surface area contributed by atoms with Gasteiger partial charge < -0.3 is 20.4 Å². The zero-order chi connectivity index (χ0) is 9.68. The lowest BCUT2D eigenvalue weighted by Gasteiger charge is -2.29. The van der Waals surface area contributed by atoms with Crippen LogP contribution in [0.4, 0.5) is 0 Å². The van der Waals surface area contributed by atoms with Gasteiger partial charge in [0.05, 0.1) is 13.0 Å². The van der Waals surface area contributed by atoms with Crippen molar-refractivity contribution < 1.29 is 19.5 Å². The summed E-state index contributed by atoms with van der Waals surface area (Å²) in [4.78, 5) is 15.7. The van der Waals surface area contributed by atoms with Gasteiger partial charge in [0.2, 0.25) is 0 Å². The summed E-state index contributed by atoms with van der Waals surface area (Å²) in [6.45, 7) is 0.827. The van der Waals surface area contributed by atoms with Crippen LogP contribution in [0.1, 0.15) is 12.8 Å². The number of rotatable bonds is 3. The van der Waals surface area contributed by atoms with Crippen LogP contribution in [0.15, 0.2) is 0 Å². The number of aliphatic hydroxyl groups excluding tert-OH is 1. The van der Waals surface area contributed by atoms with Gasteiger partial charge in [0.25, 0.3) is 0 Å². The Morgan fingerprint density at radius 3 is 3.15 bits per heavy atom. The Kier molecular flexibility index (Phi) is 4.10. The third-order valence-corrected chi connectivity index (χ3v) is 1.64. The molecule has 0 aromatic rings. The molecule has 0 aromatic carbocycles. The number of hydroxylamine groups is 2. The molecule has 1 unspecified atom stereocenters. The highest BCUT2D eigenvalue weighted by atomic mass is 16.8. The Hall–Kier alpha value is -0.690. The van der Waals surface area contributed by atoms with Crippen LogP contribution in [0.25, 0.3) is 0 Å². The first-order valence-corrected chi connectivity index (χ1v) is 4.17. The predicted octanol–water partition coefficient (Wildman–Crippen LogP) is -1.21. The van der Waals surface area contributed by atoms with E-state index in [2.05, 4.69) is 0 Å². The lowest BCUT2D eigenvalue weighted by atomic mass is 10.4. The lowest BCUT2D eigenvalue weighted by molar-refractivity contribution is -0.283. The molecule has 6 heteroatoms. The molecule has 1 atom stereocenters. The van der Waals surface area contributed by atoms with Crippen LogP contribution in [0, 0.1) is 0 Å². The highest BCUT2D eigenvalue weighted by Gasteiger charge is 2.23. The molecule has 1 heterocycles. The van der Waals surface area contributed by atoms with E-state index in [0.717, 1.165) is 5.06 Å². The predicted molar refractivity (Wildman–Crippen MR) is 43.0 cm³/mol. The van der Waals surface area contributed by atoms with Gasteiger partial charge in [-0.3, -0.25) is 4.79 Å². The second-order valence-corrected chi connectivity index (χ2v) is 2.73. The number of hydrogen-bond acceptors (Lipinski definition) is 6. The van der Waals surface area contributed by atoms with Crippen LogP contribution in [0.5, 0.6) is 0 Å². The van der Waals surface area contributed by atoms with E-state index < -0.39 is 12.2 Å². The molecule has 3 N–H and O–H groups in total. The molecule has 0 aliphatic carbocycles. The zero-order valence-electron chi connectivity index (χ0n) is 7.31. The van der Waals surface area contributed by atoms with E-state index in [1.54, 1.807) is 0 Å². The fourth-order valence-corrected chi connectivity index (χ4v) is 0.955. The van der Waals surface area contributed by atoms with Crippen LogP contribution in [-0.2, 0) is 14.4 Å². The number of carbonyl (C=O) groups excluding carboxylic acids is 1. The van der Waals surface area contributed by atoms with Gasteiger partial charge in [0.15, 0.2) is 0 Å². The Balaban J connectivity index is 2.29. The van der Waals surface area contributed by atoms with Crippen molar-refractivity contribution >= 4 is 5.97 Å². The Bertz CT molecular complexity index is 176. The summed E-state index contributed by atoms with van der Waals surface area (Å²) in [7, 11) is 0. The highest BCUT2D eigenvalue weighted by molar-refractivity contribution is 5.69. The average Bonchev–Trinajstić information content (AvgIpc) is 2.09. The van der Waals surface area contributed by atoms with E-state index in [4.69, 9.17) is 15.3 Å². The quantitative estimate of drug-likeness (QED) is 0.581. The van der Waals surface area contributed by atoms with Crippen molar-refractivity contribution in [1.82, 2.24) is 5.06 Å². The van der Waals surface area contributed by atoms with Gasteiger partial charge in [0.1, 0.15) is 13.0 Å². The number of hydrogen-bond donors (Lipinski definition) is 2. The minimum Gasteiger partial charge on any atom is -0.375 e. The van der Waals surface area contributed by atoms with E-state index in [-0.39, 0.29) is 19.7 Å². The van der Waals surface area contributed by atoms with Gasteiger partial charge >= 0.3 is 5.97 Å². The maximum absolute atomic E-state index is 10.9. The van der Waals surface area contributed by atoms with Crippen LogP contribution in [0.3, 0.4) is 0 Å². The van der Waals surface area contributed by atoms with Crippen molar-refractivity contribution in [2.24, 2.45) is 5.73 Å². The van der Waals surface area contributed by atoms with Crippen molar-refractivity contribution in [3.63, 3.8) is 0 Å². The Morgan fingerprint density at radius 1 is 1.77 bits per heavy atom. The molecule has 0 saturated carbocycles. The highest BCUT2D eigenvalue weighted by Crippen LogP contribution is 2.09. The van der Waals surface area contributed by atoms with Gasteiger partial charge in [-0.15, -0.1) is 0 Å². The molecule has 0 amide bonds. The van der Waals surface area contributed by atoms with Crippen LogP contribution < -0.4 is 5.73 Å². The van der Waals surface area contributed by atoms with E-state index in [1.807, 2.05) is 0 Å². The van der Waals surface area contributed by atoms with Gasteiger partial charge in [0, 0.05) is 13.0 Å². The van der Waals surface area contributed by atoms with E-state index in [0.29, 0.717) is 13.0 Å². The summed E-state index contributed by atoms with van der Waals surface area (Å²) in [5.41, 5.74) is 5.16. The normalized spacial score (nSPS) is 24.3. The summed E-state index contributed by atoms with van der Waals surface area (Å²) >= 11 is 0. The minimum atomic E-state index is -0.768. The van der Waals surface area contributed by atoms with Crippen molar-refractivity contribution in [2.75, 3.05) is 19.9 Å². The molecule has 13 heavy (non-hydrogen) atoms. The second-order valence-electron chi connectivity index (χ2n) is 2.73. The smallest absolute Gasteiger partial charge is 0.326 e. The fourth-order valence-electron chi connectivity index (χ4n) is 0.955. The zero-order valence-corrected chi connectivity index (χ0v) is 7.31. The number of carbonyl (C=O) groups is 1. The maximum Gasteiger partial charge on any atom is 0.326 e. The van der Waals surface area contributed by atoms with Gasteiger partial charge in [-0.25, -0.2) is 0 Å². The van der Waals surface area contributed by atoms with Crippen LogP contribution >= 0.6 is 0 Å². The molecule has 1 aliphatic heterocycles. The standard InChI is InChI=1S/C7H14N2O4/c8-3-1-7(11)13-9-5-12-4-2-6(9)10/h6,10H,1-5,8H2. The van der Waals surface area contributed by atoms with Crippen molar-refractivity contribution in [3.8, 4) is 0 Å². The molecule has 1 aliphatic rings. The number of ether oxygens (including phenoxy) is 1. The SMILES string of the molecule is NCCC(=O)ON1COCCC1O. The first kappa shape index (κ1) is 10.4. The Labute approximate surface area is 76.2 Å². The van der Waals surface area contributed by atoms with Gasteiger partial charge in [-0.2, -0.15) is 0 Å². The topological polar surface area (TPSA) is 85.0 Å². The number of aliphatic hydroxyl groups is 1. The molecule has 1 saturated heterocycles. The van der Waals surface area contributed by atoms with E-state index in [9.17, 15) is 9.90 Å². The summed E-state index contributed by atoms with van der Waals surface area (Å²) in [5.74, 6) is -0.452. The van der Waals surface area contributed by atoms with Gasteiger partial charge in [-0.05, 0) is 0 Å². The molecular weight excluding hydrogens is 176 g/mol. The van der Waals surface area contributed by atoms with Crippen LogP contribution in [0.2, 0.25) is 0 Å². The molecule has 76 valence electrons. The average molecular weight is 190 g/mol.